The van der Waals surface area contributed by atoms with Crippen LogP contribution in [0, 0.1) is 0 Å². The van der Waals surface area contributed by atoms with Gasteiger partial charge in [-0.3, -0.25) is 19.9 Å². The first kappa shape index (κ1) is 36.8. The molecule has 0 saturated heterocycles. The van der Waals surface area contributed by atoms with Crippen LogP contribution in [0.4, 0.5) is 0 Å². The molecule has 10 heteroatoms. The molecule has 298 valence electrons. The molecule has 0 unspecified atom stereocenters. The molecule has 0 bridgehead atoms. The van der Waals surface area contributed by atoms with Crippen LogP contribution >= 0.6 is 0 Å². The zero-order valence-electron chi connectivity index (χ0n) is 33.9. The average Bonchev–Trinajstić information content (AvgIpc) is 3.39. The van der Waals surface area contributed by atoms with Crippen molar-refractivity contribution >= 4 is 32.3 Å². The topological polar surface area (TPSA) is 129 Å². The maximum Gasteiger partial charge on any atom is 0.164 e. The van der Waals surface area contributed by atoms with E-state index in [4.69, 9.17) is 29.9 Å². The normalized spacial score (nSPS) is 11.4. The lowest BCUT2D eigenvalue weighted by atomic mass is 9.83. The van der Waals surface area contributed by atoms with Gasteiger partial charge in [-0.1, -0.05) is 84.9 Å². The fraction of sp³-hybridized carbons (Fsp3) is 0. The van der Waals surface area contributed by atoms with E-state index in [1.54, 1.807) is 49.6 Å². The van der Waals surface area contributed by atoms with Crippen LogP contribution in [0.3, 0.4) is 0 Å². The summed E-state index contributed by atoms with van der Waals surface area (Å²) < 4.78 is 0. The van der Waals surface area contributed by atoms with Crippen LogP contribution in [-0.2, 0) is 0 Å². The highest BCUT2D eigenvalue weighted by Gasteiger charge is 2.24. The van der Waals surface area contributed by atoms with E-state index in [9.17, 15) is 0 Å². The van der Waals surface area contributed by atoms with E-state index in [2.05, 4.69) is 105 Å². The lowest BCUT2D eigenvalue weighted by molar-refractivity contribution is 1.07. The molecule has 0 aliphatic carbocycles. The first-order valence-corrected chi connectivity index (χ1v) is 20.8. The number of nitrogens with zero attached hydrogens (tertiary/aromatic N) is 10. The zero-order valence-corrected chi connectivity index (χ0v) is 33.9. The monoisotopic (exact) mass is 820 g/mol. The van der Waals surface area contributed by atoms with E-state index in [1.165, 1.54) is 0 Å². The number of benzene rings is 6. The molecule has 6 aromatic carbocycles. The summed E-state index contributed by atoms with van der Waals surface area (Å²) in [5.41, 5.74) is 9.35. The van der Waals surface area contributed by atoms with Crippen molar-refractivity contribution in [2.24, 2.45) is 0 Å². The first-order valence-electron chi connectivity index (χ1n) is 20.8. The first-order chi connectivity index (χ1) is 31.7. The molecule has 0 aliphatic heterocycles. The molecule has 6 aromatic heterocycles. The van der Waals surface area contributed by atoms with Crippen molar-refractivity contribution < 1.29 is 0 Å². The predicted molar refractivity (Wildman–Crippen MR) is 252 cm³/mol. The minimum atomic E-state index is 0.546. The molecular formula is C54H32N10. The fourth-order valence-electron chi connectivity index (χ4n) is 8.59. The number of hydrogen-bond acceptors (Lipinski definition) is 10. The largest absolute Gasteiger partial charge is 0.265 e. The number of aromatic nitrogens is 10. The molecular weight excluding hydrogens is 789 g/mol. The maximum atomic E-state index is 5.22. The predicted octanol–water partition coefficient (Wildman–Crippen LogP) is 11.9. The molecule has 0 atom stereocenters. The van der Waals surface area contributed by atoms with Crippen LogP contribution in [0.15, 0.2) is 195 Å². The van der Waals surface area contributed by atoms with Gasteiger partial charge in [-0.25, -0.2) is 29.9 Å². The van der Waals surface area contributed by atoms with Crippen molar-refractivity contribution in [1.82, 2.24) is 49.8 Å². The Hall–Kier alpha value is -9.02. The summed E-state index contributed by atoms with van der Waals surface area (Å²) in [6, 6.07) is 49.7. The summed E-state index contributed by atoms with van der Waals surface area (Å²) in [5.74, 6) is 3.28. The number of rotatable bonds is 8. The second-order valence-electron chi connectivity index (χ2n) is 15.3. The molecule has 12 aromatic rings. The summed E-state index contributed by atoms with van der Waals surface area (Å²) in [5, 5.41) is 6.37. The van der Waals surface area contributed by atoms with Crippen molar-refractivity contribution in [2.75, 3.05) is 0 Å². The standard InChI is InChI=1S/C54H32N10/c1-3-7-33(8-4-1)43-31-45(53-61-49(35-15-23-55-24-16-35)59-50(62-53)36-17-25-56-26-18-36)41-14-12-40-44(34-9-5-2-6-10-34)32-46(42-13-11-39(43)47(41)48(40)42)54-63-51(37-19-27-57-28-20-37)60-52(64-54)38-21-29-58-30-22-38/h1-32H. The van der Waals surface area contributed by atoms with Crippen molar-refractivity contribution in [3.63, 3.8) is 0 Å². The molecule has 0 fully saturated rings. The average molecular weight is 821 g/mol. The Bertz CT molecular complexity index is 3280. The van der Waals surface area contributed by atoms with Crippen LogP contribution < -0.4 is 0 Å². The number of pyridine rings is 4. The highest BCUT2D eigenvalue weighted by Crippen LogP contribution is 2.48. The van der Waals surface area contributed by atoms with E-state index in [-0.39, 0.29) is 0 Å². The van der Waals surface area contributed by atoms with Gasteiger partial charge in [-0.2, -0.15) is 0 Å². The van der Waals surface area contributed by atoms with Gasteiger partial charge in [0.05, 0.1) is 0 Å². The van der Waals surface area contributed by atoms with E-state index in [0.29, 0.717) is 34.9 Å². The SMILES string of the molecule is c1ccc(-c2cc(-c3nc(-c4ccncc4)nc(-c4ccncc4)n3)c3ccc4c(-c5ccccc5)cc(-c5nc(-c6ccncc6)nc(-c6ccncc6)n5)c5ccc2c3c45)cc1. The van der Waals surface area contributed by atoms with Gasteiger partial charge in [0.2, 0.25) is 0 Å². The van der Waals surface area contributed by atoms with Crippen molar-refractivity contribution in [3.8, 4) is 90.6 Å². The van der Waals surface area contributed by atoms with E-state index in [1.807, 2.05) is 60.7 Å². The smallest absolute Gasteiger partial charge is 0.164 e. The Morgan fingerprint density at radius 1 is 0.219 bits per heavy atom. The maximum absolute atomic E-state index is 5.22. The lowest BCUT2D eigenvalue weighted by Gasteiger charge is -2.21. The molecule has 12 rings (SSSR count). The van der Waals surface area contributed by atoms with Gasteiger partial charge in [0, 0.05) is 83.0 Å². The molecule has 0 aliphatic rings. The Kier molecular flexibility index (Phi) is 8.89. The molecule has 0 amide bonds. The van der Waals surface area contributed by atoms with Gasteiger partial charge < -0.3 is 0 Å². The van der Waals surface area contributed by atoms with E-state index >= 15 is 0 Å². The third-order valence-corrected chi connectivity index (χ3v) is 11.6. The second kappa shape index (κ2) is 15.5. The van der Waals surface area contributed by atoms with Crippen molar-refractivity contribution in [2.45, 2.75) is 0 Å². The third kappa shape index (κ3) is 6.45. The highest BCUT2D eigenvalue weighted by molar-refractivity contribution is 6.31. The minimum Gasteiger partial charge on any atom is -0.265 e. The molecule has 0 spiro atoms. The van der Waals surface area contributed by atoms with Gasteiger partial charge in [0.25, 0.3) is 0 Å². The van der Waals surface area contributed by atoms with Crippen LogP contribution in [0.1, 0.15) is 0 Å². The Balaban J connectivity index is 1.21. The van der Waals surface area contributed by atoms with E-state index in [0.717, 1.165) is 88.0 Å². The molecule has 10 nitrogen and oxygen atoms in total. The Morgan fingerprint density at radius 2 is 0.484 bits per heavy atom. The van der Waals surface area contributed by atoms with Crippen LogP contribution in [0.5, 0.6) is 0 Å². The van der Waals surface area contributed by atoms with E-state index < -0.39 is 0 Å². The van der Waals surface area contributed by atoms with Crippen LogP contribution in [-0.4, -0.2) is 49.8 Å². The molecule has 0 radical (unpaired) electrons. The van der Waals surface area contributed by atoms with Gasteiger partial charge in [0.1, 0.15) is 0 Å². The minimum absolute atomic E-state index is 0.546. The third-order valence-electron chi connectivity index (χ3n) is 11.6. The summed E-state index contributed by atoms with van der Waals surface area (Å²) >= 11 is 0. The van der Waals surface area contributed by atoms with Gasteiger partial charge in [0.15, 0.2) is 34.9 Å². The number of hydrogen-bond donors (Lipinski definition) is 0. The quantitative estimate of drug-likeness (QED) is 0.137. The van der Waals surface area contributed by atoms with Crippen molar-refractivity contribution in [1.29, 1.82) is 0 Å². The van der Waals surface area contributed by atoms with Crippen LogP contribution in [0.25, 0.3) is 123 Å². The lowest BCUT2D eigenvalue weighted by Crippen LogP contribution is -2.02. The summed E-state index contributed by atoms with van der Waals surface area (Å²) in [4.78, 5) is 47.9. The van der Waals surface area contributed by atoms with Crippen molar-refractivity contribution in [3.05, 3.63) is 195 Å². The molecule has 0 saturated carbocycles. The molecule has 64 heavy (non-hydrogen) atoms. The van der Waals surface area contributed by atoms with Gasteiger partial charge in [-0.05, 0) is 115 Å². The zero-order chi connectivity index (χ0) is 42.4. The van der Waals surface area contributed by atoms with Crippen LogP contribution in [0.2, 0.25) is 0 Å². The highest BCUT2D eigenvalue weighted by atomic mass is 15.0. The fourth-order valence-corrected chi connectivity index (χ4v) is 8.59. The molecule has 6 heterocycles. The van der Waals surface area contributed by atoms with Gasteiger partial charge >= 0.3 is 0 Å². The molecule has 0 N–H and O–H groups in total. The Labute approximate surface area is 366 Å². The summed E-state index contributed by atoms with van der Waals surface area (Å²) in [6.07, 6.45) is 14.0. The summed E-state index contributed by atoms with van der Waals surface area (Å²) in [7, 11) is 0. The second-order valence-corrected chi connectivity index (χ2v) is 15.3. The summed E-state index contributed by atoms with van der Waals surface area (Å²) in [6.45, 7) is 0. The van der Waals surface area contributed by atoms with Gasteiger partial charge in [-0.15, -0.1) is 0 Å². The Morgan fingerprint density at radius 3 is 0.781 bits per heavy atom.